The SMILES string of the molecule is COc1cccc(F)c1-c1nccc(Nc2cc(N3CCC[C@H](N)C3)c(-c3cnn(CCN(C)C)c3)cn2)n1. The maximum Gasteiger partial charge on any atom is 0.168 e. The number of pyridine rings is 1. The van der Waals surface area contributed by atoms with Crippen LogP contribution in [-0.2, 0) is 6.54 Å². The van der Waals surface area contributed by atoms with Crippen molar-refractivity contribution >= 4 is 17.3 Å². The first kappa shape index (κ1) is 26.5. The van der Waals surface area contributed by atoms with Crippen LogP contribution in [0.3, 0.4) is 0 Å². The van der Waals surface area contributed by atoms with E-state index in [2.05, 4.69) is 41.4 Å². The Balaban J connectivity index is 1.46. The number of nitrogens with one attached hydrogen (secondary N) is 1. The maximum absolute atomic E-state index is 14.6. The van der Waals surface area contributed by atoms with Gasteiger partial charge in [-0.25, -0.2) is 19.3 Å². The predicted octanol–water partition coefficient (Wildman–Crippen LogP) is 3.78. The molecule has 5 rings (SSSR count). The van der Waals surface area contributed by atoms with Gasteiger partial charge in [0.2, 0.25) is 0 Å². The molecule has 4 aromatic rings. The first-order valence-electron chi connectivity index (χ1n) is 13.0. The Morgan fingerprint density at radius 2 is 2.05 bits per heavy atom. The fraction of sp³-hybridized carbons (Fsp3) is 0.357. The Morgan fingerprint density at radius 3 is 2.85 bits per heavy atom. The molecule has 1 saturated heterocycles. The van der Waals surface area contributed by atoms with E-state index >= 15 is 0 Å². The van der Waals surface area contributed by atoms with E-state index < -0.39 is 5.82 Å². The molecule has 1 aliphatic heterocycles. The monoisotopic (exact) mass is 531 g/mol. The minimum atomic E-state index is -0.455. The van der Waals surface area contributed by atoms with Gasteiger partial charge in [-0.1, -0.05) is 6.07 Å². The van der Waals surface area contributed by atoms with Crippen LogP contribution in [0.15, 0.2) is 55.1 Å². The third-order valence-corrected chi connectivity index (χ3v) is 6.73. The topological polar surface area (TPSA) is 110 Å². The van der Waals surface area contributed by atoms with E-state index in [1.165, 1.54) is 13.2 Å². The summed E-state index contributed by atoms with van der Waals surface area (Å²) in [7, 11) is 5.59. The second kappa shape index (κ2) is 11.7. The molecule has 0 spiro atoms. The number of likely N-dealkylation sites (N-methyl/N-ethyl adjacent to an activating group) is 1. The average Bonchev–Trinajstić information content (AvgIpc) is 3.41. The molecule has 1 aromatic carbocycles. The van der Waals surface area contributed by atoms with Gasteiger partial charge in [0.25, 0.3) is 0 Å². The van der Waals surface area contributed by atoms with Gasteiger partial charge in [-0.2, -0.15) is 5.10 Å². The van der Waals surface area contributed by atoms with Crippen LogP contribution < -0.4 is 20.7 Å². The van der Waals surface area contributed by atoms with Crippen molar-refractivity contribution < 1.29 is 9.13 Å². The van der Waals surface area contributed by atoms with Crippen molar-refractivity contribution in [2.45, 2.75) is 25.4 Å². The van der Waals surface area contributed by atoms with Crippen LogP contribution in [0, 0.1) is 5.82 Å². The Bertz CT molecular complexity index is 1420. The Labute approximate surface area is 227 Å². The number of halogens is 1. The van der Waals surface area contributed by atoms with Crippen molar-refractivity contribution in [2.24, 2.45) is 5.73 Å². The van der Waals surface area contributed by atoms with E-state index in [1.54, 1.807) is 24.4 Å². The summed E-state index contributed by atoms with van der Waals surface area (Å²) in [5.74, 6) is 1.23. The predicted molar refractivity (Wildman–Crippen MR) is 151 cm³/mol. The van der Waals surface area contributed by atoms with E-state index in [0.29, 0.717) is 17.4 Å². The molecular weight excluding hydrogens is 497 g/mol. The highest BCUT2D eigenvalue weighted by Gasteiger charge is 2.22. The molecule has 1 fully saturated rings. The highest BCUT2D eigenvalue weighted by Crippen LogP contribution is 2.35. The summed E-state index contributed by atoms with van der Waals surface area (Å²) in [5, 5.41) is 7.83. The van der Waals surface area contributed by atoms with Crippen LogP contribution in [0.4, 0.5) is 21.7 Å². The van der Waals surface area contributed by atoms with Crippen molar-refractivity contribution in [3.05, 3.63) is 60.9 Å². The normalized spacial score (nSPS) is 15.5. The summed E-state index contributed by atoms with van der Waals surface area (Å²) in [6.45, 7) is 3.36. The van der Waals surface area contributed by atoms with Crippen molar-refractivity contribution in [3.8, 4) is 28.3 Å². The van der Waals surface area contributed by atoms with Gasteiger partial charge in [-0.15, -0.1) is 0 Å². The molecule has 0 aliphatic carbocycles. The van der Waals surface area contributed by atoms with Gasteiger partial charge in [0.15, 0.2) is 5.82 Å². The summed E-state index contributed by atoms with van der Waals surface area (Å²) in [6.07, 6.45) is 9.40. The lowest BCUT2D eigenvalue weighted by atomic mass is 10.0. The lowest BCUT2D eigenvalue weighted by Crippen LogP contribution is -2.43. The van der Waals surface area contributed by atoms with Crippen LogP contribution >= 0.6 is 0 Å². The van der Waals surface area contributed by atoms with Crippen LogP contribution in [0.2, 0.25) is 0 Å². The van der Waals surface area contributed by atoms with Crippen molar-refractivity contribution in [1.29, 1.82) is 0 Å². The maximum atomic E-state index is 14.6. The zero-order valence-electron chi connectivity index (χ0n) is 22.5. The molecule has 39 heavy (non-hydrogen) atoms. The van der Waals surface area contributed by atoms with E-state index in [-0.39, 0.29) is 17.4 Å². The summed E-state index contributed by atoms with van der Waals surface area (Å²) in [5.41, 5.74) is 9.57. The number of hydrogen-bond donors (Lipinski definition) is 2. The molecule has 0 unspecified atom stereocenters. The Hall–Kier alpha value is -4.09. The number of ether oxygens (including phenoxy) is 1. The average molecular weight is 532 g/mol. The third-order valence-electron chi connectivity index (χ3n) is 6.73. The zero-order chi connectivity index (χ0) is 27.4. The fourth-order valence-corrected chi connectivity index (χ4v) is 4.72. The summed E-state index contributed by atoms with van der Waals surface area (Å²) in [4.78, 5) is 18.0. The van der Waals surface area contributed by atoms with Crippen LogP contribution in [-0.4, -0.2) is 76.5 Å². The molecule has 1 atom stereocenters. The van der Waals surface area contributed by atoms with E-state index in [0.717, 1.165) is 55.8 Å². The summed E-state index contributed by atoms with van der Waals surface area (Å²) < 4.78 is 21.9. The number of methoxy groups -OCH3 is 1. The number of piperidine rings is 1. The highest BCUT2D eigenvalue weighted by atomic mass is 19.1. The molecule has 0 bridgehead atoms. The van der Waals surface area contributed by atoms with Crippen LogP contribution in [0.1, 0.15) is 12.8 Å². The molecule has 4 heterocycles. The highest BCUT2D eigenvalue weighted by molar-refractivity contribution is 5.80. The molecule has 3 N–H and O–H groups in total. The molecule has 3 aromatic heterocycles. The fourth-order valence-electron chi connectivity index (χ4n) is 4.72. The largest absolute Gasteiger partial charge is 0.496 e. The first-order valence-corrected chi connectivity index (χ1v) is 13.0. The molecule has 10 nitrogen and oxygen atoms in total. The molecule has 0 amide bonds. The number of nitrogens with zero attached hydrogens (tertiary/aromatic N) is 7. The molecular formula is C28H34FN9O. The van der Waals surface area contributed by atoms with Crippen LogP contribution in [0.5, 0.6) is 5.75 Å². The standard InChI is InChI=1S/C28H34FN9O/c1-36(2)12-13-38-17-19(15-33-38)21-16-32-26(14-23(21)37-11-5-6-20(30)18-37)34-25-9-10-31-28(35-25)27-22(29)7-4-8-24(27)39-3/h4,7-10,14-17,20H,5-6,11-13,18,30H2,1-3H3,(H,31,32,34,35)/t20-/m0/s1. The number of nitrogens with two attached hydrogens (primary N) is 1. The molecule has 11 heteroatoms. The van der Waals surface area contributed by atoms with Gasteiger partial charge in [0, 0.05) is 67.1 Å². The molecule has 204 valence electrons. The van der Waals surface area contributed by atoms with Crippen LogP contribution in [0.25, 0.3) is 22.5 Å². The van der Waals surface area contributed by atoms with Crippen molar-refractivity contribution in [1.82, 2.24) is 29.6 Å². The minimum Gasteiger partial charge on any atom is -0.496 e. The second-order valence-electron chi connectivity index (χ2n) is 9.94. The number of anilines is 3. The number of benzene rings is 1. The second-order valence-corrected chi connectivity index (χ2v) is 9.94. The van der Waals surface area contributed by atoms with Gasteiger partial charge >= 0.3 is 0 Å². The zero-order valence-corrected chi connectivity index (χ0v) is 22.5. The molecule has 0 radical (unpaired) electrons. The lowest BCUT2D eigenvalue weighted by molar-refractivity contribution is 0.373. The van der Waals surface area contributed by atoms with Gasteiger partial charge in [-0.3, -0.25) is 4.68 Å². The third kappa shape index (κ3) is 6.15. The Morgan fingerprint density at radius 1 is 1.18 bits per heavy atom. The molecule has 1 aliphatic rings. The number of rotatable bonds is 9. The number of hydrogen-bond acceptors (Lipinski definition) is 9. The summed E-state index contributed by atoms with van der Waals surface area (Å²) in [6, 6.07) is 8.47. The van der Waals surface area contributed by atoms with E-state index in [9.17, 15) is 4.39 Å². The van der Waals surface area contributed by atoms with E-state index in [4.69, 9.17) is 10.5 Å². The van der Waals surface area contributed by atoms with Gasteiger partial charge in [0.1, 0.15) is 23.2 Å². The quantitative estimate of drug-likeness (QED) is 0.333. The smallest absolute Gasteiger partial charge is 0.168 e. The molecule has 0 saturated carbocycles. The summed E-state index contributed by atoms with van der Waals surface area (Å²) >= 11 is 0. The van der Waals surface area contributed by atoms with Crippen molar-refractivity contribution in [3.63, 3.8) is 0 Å². The number of aromatic nitrogens is 5. The van der Waals surface area contributed by atoms with E-state index in [1.807, 2.05) is 37.2 Å². The minimum absolute atomic E-state index is 0.110. The van der Waals surface area contributed by atoms with Crippen molar-refractivity contribution in [2.75, 3.05) is 51.1 Å². The Kier molecular flexibility index (Phi) is 7.99. The van der Waals surface area contributed by atoms with Gasteiger partial charge < -0.3 is 25.6 Å². The van der Waals surface area contributed by atoms with Gasteiger partial charge in [0.05, 0.1) is 25.4 Å². The lowest BCUT2D eigenvalue weighted by Gasteiger charge is -2.34. The first-order chi connectivity index (χ1) is 18.9. The van der Waals surface area contributed by atoms with Gasteiger partial charge in [-0.05, 0) is 45.1 Å².